The van der Waals surface area contributed by atoms with E-state index in [1.165, 1.54) is 36.0 Å². The van der Waals surface area contributed by atoms with Gasteiger partial charge >= 0.3 is 0 Å². The van der Waals surface area contributed by atoms with Crippen LogP contribution in [0.15, 0.2) is 53.7 Å². The first kappa shape index (κ1) is 41.4. The molecule has 0 spiro atoms. The van der Waals surface area contributed by atoms with Gasteiger partial charge in [0.1, 0.15) is 29.7 Å². The number of nitrogens with zero attached hydrogens (tertiary/aromatic N) is 3. The Balaban J connectivity index is 1.49. The van der Waals surface area contributed by atoms with Crippen molar-refractivity contribution in [1.82, 2.24) is 25.4 Å². The minimum absolute atomic E-state index is 0.00502. The van der Waals surface area contributed by atoms with Crippen LogP contribution < -0.4 is 15.4 Å². The van der Waals surface area contributed by atoms with Gasteiger partial charge in [0, 0.05) is 35.7 Å². The number of halogens is 8. The van der Waals surface area contributed by atoms with Crippen LogP contribution in [0.1, 0.15) is 36.3 Å². The zero-order chi connectivity index (χ0) is 41.8. The third kappa shape index (κ3) is 8.72. The number of carbonyl (C=O) groups is 1. The molecule has 2 unspecified atom stereocenters. The van der Waals surface area contributed by atoms with Gasteiger partial charge in [-0.15, -0.1) is 0 Å². The van der Waals surface area contributed by atoms with Gasteiger partial charge in [-0.3, -0.25) is 19.6 Å². The summed E-state index contributed by atoms with van der Waals surface area (Å²) in [6.45, 7) is -1.05. The minimum atomic E-state index is -3.86. The molecule has 2 aromatic heterocycles. The lowest BCUT2D eigenvalue weighted by Gasteiger charge is -2.24. The fourth-order valence-corrected chi connectivity index (χ4v) is 7.57. The Hall–Kier alpha value is -5.19. The third-order valence-corrected chi connectivity index (χ3v) is 10.2. The summed E-state index contributed by atoms with van der Waals surface area (Å²) in [6, 6.07) is 7.00. The molecule has 5 N–H and O–H groups in total. The van der Waals surface area contributed by atoms with Gasteiger partial charge in [-0.1, -0.05) is 23.6 Å². The molecule has 4 aromatic rings. The average Bonchev–Trinajstić information content (AvgIpc) is 3.80. The van der Waals surface area contributed by atoms with Gasteiger partial charge in [0.25, 0.3) is 12.3 Å². The number of pyridine rings is 1. The van der Waals surface area contributed by atoms with Crippen molar-refractivity contribution in [1.29, 1.82) is 5.41 Å². The van der Waals surface area contributed by atoms with E-state index in [0.717, 1.165) is 25.3 Å². The highest BCUT2D eigenvalue weighted by Crippen LogP contribution is 2.62. The maximum Gasteiger partial charge on any atom is 0.290 e. The van der Waals surface area contributed by atoms with E-state index in [4.69, 9.17) is 17.0 Å². The number of aryl methyl sites for hydroxylation is 1. The smallest absolute Gasteiger partial charge is 0.290 e. The Kier molecular flexibility index (Phi) is 11.1. The standard InChI is InChI=1S/C37H33ClF7N7O4S/c1-36(54,16-39)9-8-20-4-5-21(22-6-7-25(38)29-32(22)52(2)50-35(29)51-57(3,55)56)31(48-20)26(12-17-10-18(40)13-19(41)11-17)49-27(53)15-47-33-28(30(46)34(42)43)23-14-24(23)37(33,44)45/h4-7,10-11,13,23-24,26,34,46-47,54H,12,14-16H2,1-3H3,(H,49,53)(H,50,51)/t23-,24+,26?,36?/m0/s1. The number of aromatic nitrogens is 3. The van der Waals surface area contributed by atoms with Crippen molar-refractivity contribution in [2.24, 2.45) is 18.9 Å². The predicted octanol–water partition coefficient (Wildman–Crippen LogP) is 5.82. The first-order chi connectivity index (χ1) is 26.6. The fraction of sp³-hybridized carbons (Fsp3) is 0.351. The highest BCUT2D eigenvalue weighted by atomic mass is 35.5. The van der Waals surface area contributed by atoms with Crippen molar-refractivity contribution >= 4 is 50.0 Å². The summed E-state index contributed by atoms with van der Waals surface area (Å²) in [6.07, 6.45) is -2.94. The van der Waals surface area contributed by atoms with Gasteiger partial charge < -0.3 is 15.7 Å². The summed E-state index contributed by atoms with van der Waals surface area (Å²) in [5.74, 6) is -4.10. The van der Waals surface area contributed by atoms with E-state index >= 15 is 8.78 Å². The van der Waals surface area contributed by atoms with Gasteiger partial charge in [-0.25, -0.2) is 35.4 Å². The monoisotopic (exact) mass is 839 g/mol. The molecule has 302 valence electrons. The quantitative estimate of drug-likeness (QED) is 0.0644. The van der Waals surface area contributed by atoms with E-state index in [9.17, 15) is 40.3 Å². The maximum absolute atomic E-state index is 15.2. The zero-order valence-corrected chi connectivity index (χ0v) is 31.7. The number of anilines is 1. The van der Waals surface area contributed by atoms with Crippen LogP contribution in [0.3, 0.4) is 0 Å². The van der Waals surface area contributed by atoms with Crippen LogP contribution in [0.25, 0.3) is 22.0 Å². The number of alkyl halides is 5. The van der Waals surface area contributed by atoms with Crippen molar-refractivity contribution in [2.75, 3.05) is 24.2 Å². The van der Waals surface area contributed by atoms with E-state index < -0.39 is 100 Å². The van der Waals surface area contributed by atoms with Crippen LogP contribution in [-0.4, -0.2) is 77.3 Å². The highest BCUT2D eigenvalue weighted by Gasteiger charge is 2.66. The number of carbonyl (C=O) groups excluding carboxylic acids is 1. The van der Waals surface area contributed by atoms with Crippen molar-refractivity contribution in [2.45, 2.75) is 43.8 Å². The number of hydrogen-bond acceptors (Lipinski definition) is 8. The van der Waals surface area contributed by atoms with Crippen LogP contribution >= 0.6 is 11.6 Å². The van der Waals surface area contributed by atoms with E-state index in [2.05, 4.69) is 37.3 Å². The molecule has 0 aliphatic heterocycles. The van der Waals surface area contributed by atoms with Crippen molar-refractivity contribution in [3.05, 3.63) is 87.3 Å². The molecule has 2 aliphatic rings. The number of nitrogens with one attached hydrogen (secondary N) is 4. The van der Waals surface area contributed by atoms with Gasteiger partial charge in [0.2, 0.25) is 15.9 Å². The zero-order valence-electron chi connectivity index (χ0n) is 30.1. The summed E-state index contributed by atoms with van der Waals surface area (Å²) < 4.78 is 128. The lowest BCUT2D eigenvalue weighted by atomic mass is 9.93. The number of amides is 1. The van der Waals surface area contributed by atoms with Gasteiger partial charge in [0.15, 0.2) is 11.4 Å². The van der Waals surface area contributed by atoms with Crippen molar-refractivity contribution in [3.8, 4) is 23.0 Å². The summed E-state index contributed by atoms with van der Waals surface area (Å²) in [5, 5.41) is 27.4. The van der Waals surface area contributed by atoms with Crippen LogP contribution in [0, 0.1) is 40.7 Å². The molecule has 1 saturated carbocycles. The van der Waals surface area contributed by atoms with E-state index in [0.29, 0.717) is 6.07 Å². The molecule has 2 aromatic carbocycles. The van der Waals surface area contributed by atoms with Crippen molar-refractivity contribution < 1.29 is 49.1 Å². The largest absolute Gasteiger partial charge is 0.375 e. The Morgan fingerprint density at radius 2 is 1.82 bits per heavy atom. The highest BCUT2D eigenvalue weighted by molar-refractivity contribution is 7.92. The van der Waals surface area contributed by atoms with E-state index in [1.54, 1.807) is 0 Å². The summed E-state index contributed by atoms with van der Waals surface area (Å²) in [5.41, 5.74) is -4.31. The summed E-state index contributed by atoms with van der Waals surface area (Å²) in [7, 11) is -2.37. The number of fused-ring (bicyclic) bond motifs is 2. The van der Waals surface area contributed by atoms with Crippen LogP contribution in [0.2, 0.25) is 5.02 Å². The molecule has 4 atom stereocenters. The maximum atomic E-state index is 15.2. The molecule has 1 fully saturated rings. The molecule has 57 heavy (non-hydrogen) atoms. The average molecular weight is 840 g/mol. The third-order valence-electron chi connectivity index (χ3n) is 9.35. The second kappa shape index (κ2) is 15.3. The van der Waals surface area contributed by atoms with Gasteiger partial charge in [-0.05, 0) is 67.5 Å². The van der Waals surface area contributed by atoms with Crippen LogP contribution in [0.5, 0.6) is 0 Å². The van der Waals surface area contributed by atoms with Crippen molar-refractivity contribution in [3.63, 3.8) is 0 Å². The number of benzene rings is 2. The number of sulfonamides is 1. The number of allylic oxidation sites excluding steroid dienone is 2. The number of rotatable bonds is 13. The molecule has 2 aliphatic carbocycles. The number of aliphatic hydroxyl groups is 1. The lowest BCUT2D eigenvalue weighted by Crippen LogP contribution is -2.41. The topological polar surface area (TPSA) is 162 Å². The molecule has 2 heterocycles. The molecule has 1 amide bonds. The van der Waals surface area contributed by atoms with Gasteiger partial charge in [-0.2, -0.15) is 13.9 Å². The first-order valence-electron chi connectivity index (χ1n) is 17.0. The Morgan fingerprint density at radius 1 is 1.16 bits per heavy atom. The normalized spacial score (nSPS) is 18.8. The van der Waals surface area contributed by atoms with Gasteiger partial charge in [0.05, 0.1) is 46.2 Å². The molecule has 20 heteroatoms. The van der Waals surface area contributed by atoms with E-state index in [-0.39, 0.29) is 56.2 Å². The first-order valence-corrected chi connectivity index (χ1v) is 19.3. The Morgan fingerprint density at radius 3 is 2.46 bits per heavy atom. The van der Waals surface area contributed by atoms with E-state index in [1.807, 2.05) is 0 Å². The van der Waals surface area contributed by atoms with Crippen LogP contribution in [-0.2, 0) is 28.3 Å². The molecular weight excluding hydrogens is 807 g/mol. The summed E-state index contributed by atoms with van der Waals surface area (Å²) in [4.78, 5) is 18.3. The Labute approximate surface area is 326 Å². The molecule has 0 radical (unpaired) electrons. The molecule has 0 bridgehead atoms. The molecular formula is C37H33ClF7N7O4S. The lowest BCUT2D eigenvalue weighted by molar-refractivity contribution is -0.121. The fourth-order valence-electron chi connectivity index (χ4n) is 6.84. The second-order valence-electron chi connectivity index (χ2n) is 14.0. The summed E-state index contributed by atoms with van der Waals surface area (Å²) >= 11 is 6.54. The predicted molar refractivity (Wildman–Crippen MR) is 197 cm³/mol. The molecule has 0 saturated heterocycles. The molecule has 11 nitrogen and oxygen atoms in total. The molecule has 6 rings (SSSR count). The minimum Gasteiger partial charge on any atom is -0.375 e. The Bertz CT molecular complexity index is 2500. The second-order valence-corrected chi connectivity index (χ2v) is 16.1. The van der Waals surface area contributed by atoms with Crippen LogP contribution in [0.4, 0.5) is 36.6 Å². The SMILES string of the molecule is Cn1nc(NS(C)(=O)=O)c2c(Cl)ccc(-c3ccc(C#CC(C)(O)CF)nc3C(Cc3cc(F)cc(F)c3)NC(=O)CNC3=C(C(=N)C(F)F)[C@H]4C[C@H]4C3(F)F)c21. The number of hydrogen-bond donors (Lipinski definition) is 5.